The largest absolute Gasteiger partial charge is 0.353 e. The Kier molecular flexibility index (Phi) is 6.05. The van der Waals surface area contributed by atoms with Gasteiger partial charge in [-0.25, -0.2) is 0 Å². The van der Waals surface area contributed by atoms with Crippen molar-refractivity contribution in [1.29, 1.82) is 0 Å². The van der Waals surface area contributed by atoms with Crippen LogP contribution < -0.4 is 10.6 Å². The molecular weight excluding hydrogens is 290 g/mol. The van der Waals surface area contributed by atoms with Crippen LogP contribution in [0.5, 0.6) is 0 Å². The normalized spacial score (nSPS) is 22.9. The highest BCUT2D eigenvalue weighted by atomic mass is 16.2. The van der Waals surface area contributed by atoms with Gasteiger partial charge >= 0.3 is 0 Å². The molecule has 0 spiro atoms. The Morgan fingerprint density at radius 2 is 2.17 bits per heavy atom. The van der Waals surface area contributed by atoms with Crippen molar-refractivity contribution < 1.29 is 4.79 Å². The molecule has 2 aliphatic heterocycles. The van der Waals surface area contributed by atoms with E-state index in [4.69, 9.17) is 0 Å². The quantitative estimate of drug-likeness (QED) is 0.820. The molecule has 23 heavy (non-hydrogen) atoms. The molecule has 1 aromatic heterocycles. The highest BCUT2D eigenvalue weighted by Gasteiger charge is 2.20. The molecule has 1 aromatic rings. The Morgan fingerprint density at radius 1 is 1.30 bits per heavy atom. The second-order valence-corrected chi connectivity index (χ2v) is 6.71. The fourth-order valence-electron chi connectivity index (χ4n) is 3.65. The summed E-state index contributed by atoms with van der Waals surface area (Å²) in [7, 11) is 0. The monoisotopic (exact) mass is 319 g/mol. The van der Waals surface area contributed by atoms with Gasteiger partial charge in [0.15, 0.2) is 0 Å². The smallest absolute Gasteiger partial charge is 0.241 e. The van der Waals surface area contributed by atoms with Crippen molar-refractivity contribution in [1.82, 2.24) is 25.3 Å². The fraction of sp³-hybridized carbons (Fsp3) is 0.765. The first-order valence-electron chi connectivity index (χ1n) is 9.04. The SMILES string of the molecule is O=C(Cn1nccc1C1CCCNC1)NCCN1CCCCC1. The Labute approximate surface area is 138 Å². The second-order valence-electron chi connectivity index (χ2n) is 6.71. The van der Waals surface area contributed by atoms with E-state index in [1.807, 2.05) is 10.9 Å². The third kappa shape index (κ3) is 4.78. The number of nitrogens with zero attached hydrogens (tertiary/aromatic N) is 3. The minimum atomic E-state index is 0.0655. The molecule has 0 saturated carbocycles. The number of nitrogens with one attached hydrogen (secondary N) is 2. The van der Waals surface area contributed by atoms with E-state index in [2.05, 4.69) is 26.7 Å². The molecule has 3 heterocycles. The van der Waals surface area contributed by atoms with Gasteiger partial charge in [0.1, 0.15) is 6.54 Å². The zero-order chi connectivity index (χ0) is 15.9. The average Bonchev–Trinajstić information content (AvgIpc) is 3.05. The van der Waals surface area contributed by atoms with Gasteiger partial charge in [0.05, 0.1) is 0 Å². The van der Waals surface area contributed by atoms with Crippen molar-refractivity contribution in [3.05, 3.63) is 18.0 Å². The first-order chi connectivity index (χ1) is 11.3. The maximum Gasteiger partial charge on any atom is 0.241 e. The third-order valence-corrected chi connectivity index (χ3v) is 4.96. The van der Waals surface area contributed by atoms with Gasteiger partial charge in [-0.2, -0.15) is 5.10 Å². The number of likely N-dealkylation sites (tertiary alicyclic amines) is 1. The highest BCUT2D eigenvalue weighted by Crippen LogP contribution is 2.22. The lowest BCUT2D eigenvalue weighted by atomic mass is 9.96. The number of rotatable bonds is 6. The third-order valence-electron chi connectivity index (χ3n) is 4.96. The van der Waals surface area contributed by atoms with Crippen molar-refractivity contribution in [3.63, 3.8) is 0 Å². The van der Waals surface area contributed by atoms with Crippen LogP contribution >= 0.6 is 0 Å². The predicted molar refractivity (Wildman–Crippen MR) is 90.4 cm³/mol. The Balaban J connectivity index is 1.43. The van der Waals surface area contributed by atoms with Crippen LogP contribution in [-0.2, 0) is 11.3 Å². The molecule has 0 bridgehead atoms. The van der Waals surface area contributed by atoms with Crippen LogP contribution in [0.4, 0.5) is 0 Å². The maximum absolute atomic E-state index is 12.2. The lowest BCUT2D eigenvalue weighted by Crippen LogP contribution is -2.39. The summed E-state index contributed by atoms with van der Waals surface area (Å²) in [5.74, 6) is 0.545. The van der Waals surface area contributed by atoms with Crippen molar-refractivity contribution in [2.45, 2.75) is 44.6 Å². The summed E-state index contributed by atoms with van der Waals surface area (Å²) in [5.41, 5.74) is 1.18. The minimum absolute atomic E-state index is 0.0655. The van der Waals surface area contributed by atoms with Gasteiger partial charge < -0.3 is 15.5 Å². The van der Waals surface area contributed by atoms with Gasteiger partial charge in [-0.3, -0.25) is 9.48 Å². The van der Waals surface area contributed by atoms with Crippen LogP contribution in [0.15, 0.2) is 12.3 Å². The molecule has 128 valence electrons. The molecule has 2 saturated heterocycles. The maximum atomic E-state index is 12.2. The molecule has 0 aliphatic carbocycles. The fourth-order valence-corrected chi connectivity index (χ4v) is 3.65. The second kappa shape index (κ2) is 8.45. The molecule has 0 aromatic carbocycles. The average molecular weight is 319 g/mol. The first-order valence-corrected chi connectivity index (χ1v) is 9.04. The summed E-state index contributed by atoms with van der Waals surface area (Å²) >= 11 is 0. The molecule has 2 fully saturated rings. The number of hydrogen-bond acceptors (Lipinski definition) is 4. The number of carbonyl (C=O) groups excluding carboxylic acids is 1. The lowest BCUT2D eigenvalue weighted by Gasteiger charge is -2.26. The van der Waals surface area contributed by atoms with E-state index in [0.717, 1.165) is 26.2 Å². The Morgan fingerprint density at radius 3 is 2.96 bits per heavy atom. The van der Waals surface area contributed by atoms with E-state index >= 15 is 0 Å². The van der Waals surface area contributed by atoms with Crippen molar-refractivity contribution in [2.75, 3.05) is 39.3 Å². The number of piperidine rings is 2. The highest BCUT2D eigenvalue weighted by molar-refractivity contribution is 5.75. The van der Waals surface area contributed by atoms with Crippen LogP contribution in [0.3, 0.4) is 0 Å². The van der Waals surface area contributed by atoms with E-state index in [1.54, 1.807) is 0 Å². The van der Waals surface area contributed by atoms with Gasteiger partial charge in [-0.15, -0.1) is 0 Å². The molecular formula is C17H29N5O. The molecule has 1 atom stereocenters. The lowest BCUT2D eigenvalue weighted by molar-refractivity contribution is -0.121. The van der Waals surface area contributed by atoms with Crippen molar-refractivity contribution >= 4 is 5.91 Å². The molecule has 0 radical (unpaired) electrons. The van der Waals surface area contributed by atoms with Gasteiger partial charge in [-0.05, 0) is 51.4 Å². The molecule has 2 aliphatic rings. The molecule has 1 unspecified atom stereocenters. The molecule has 3 rings (SSSR count). The van der Waals surface area contributed by atoms with E-state index < -0.39 is 0 Å². The summed E-state index contributed by atoms with van der Waals surface area (Å²) in [6.45, 7) is 6.47. The van der Waals surface area contributed by atoms with Crippen LogP contribution in [-0.4, -0.2) is 59.9 Å². The summed E-state index contributed by atoms with van der Waals surface area (Å²) in [5, 5.41) is 10.8. The van der Waals surface area contributed by atoms with Crippen LogP contribution in [0.1, 0.15) is 43.7 Å². The summed E-state index contributed by atoms with van der Waals surface area (Å²) in [4.78, 5) is 14.6. The van der Waals surface area contributed by atoms with Crippen molar-refractivity contribution in [2.24, 2.45) is 0 Å². The zero-order valence-electron chi connectivity index (χ0n) is 14.0. The Bertz CT molecular complexity index is 489. The first kappa shape index (κ1) is 16.5. The molecule has 6 nitrogen and oxygen atoms in total. The summed E-state index contributed by atoms with van der Waals surface area (Å²) in [6.07, 6.45) is 8.11. The van der Waals surface area contributed by atoms with Gasteiger partial charge in [0.2, 0.25) is 5.91 Å². The van der Waals surface area contributed by atoms with Crippen molar-refractivity contribution in [3.8, 4) is 0 Å². The van der Waals surface area contributed by atoms with Crippen LogP contribution in [0.25, 0.3) is 0 Å². The predicted octanol–water partition coefficient (Wildman–Crippen LogP) is 0.952. The van der Waals surface area contributed by atoms with E-state index in [1.165, 1.54) is 50.9 Å². The number of amides is 1. The van der Waals surface area contributed by atoms with E-state index in [0.29, 0.717) is 12.5 Å². The molecule has 1 amide bonds. The van der Waals surface area contributed by atoms with E-state index in [-0.39, 0.29) is 5.91 Å². The van der Waals surface area contributed by atoms with E-state index in [9.17, 15) is 4.79 Å². The van der Waals surface area contributed by atoms with Gasteiger partial charge in [0.25, 0.3) is 0 Å². The topological polar surface area (TPSA) is 62.2 Å². The van der Waals surface area contributed by atoms with Gasteiger partial charge in [-0.1, -0.05) is 6.42 Å². The summed E-state index contributed by atoms with van der Waals surface area (Å²) in [6, 6.07) is 2.05. The number of aromatic nitrogens is 2. The number of hydrogen-bond donors (Lipinski definition) is 2. The van der Waals surface area contributed by atoms with Gasteiger partial charge in [0, 0.05) is 37.4 Å². The summed E-state index contributed by atoms with van der Waals surface area (Å²) < 4.78 is 1.87. The van der Waals surface area contributed by atoms with Crippen LogP contribution in [0.2, 0.25) is 0 Å². The number of carbonyl (C=O) groups is 1. The standard InChI is InChI=1S/C17H29N5O/c23-17(19-9-12-21-10-2-1-3-11-21)14-22-16(6-8-20-22)15-5-4-7-18-13-15/h6,8,15,18H,1-5,7,9-14H2,(H,19,23). The minimum Gasteiger partial charge on any atom is -0.353 e. The van der Waals surface area contributed by atoms with Crippen LogP contribution in [0, 0.1) is 0 Å². The molecule has 2 N–H and O–H groups in total. The molecule has 6 heteroatoms. The Hall–Kier alpha value is -1.40. The zero-order valence-corrected chi connectivity index (χ0v) is 14.0.